The van der Waals surface area contributed by atoms with Gasteiger partial charge in [-0.05, 0) is 30.3 Å². The second-order valence-corrected chi connectivity index (χ2v) is 7.39. The third-order valence-electron chi connectivity index (χ3n) is 5.31. The number of phenols is 1. The number of phenolic OH excluding ortho intramolecular Hbond substituents is 1. The molecule has 0 aliphatic carbocycles. The second-order valence-electron chi connectivity index (χ2n) is 7.39. The van der Waals surface area contributed by atoms with E-state index in [0.29, 0.717) is 23.9 Å². The highest BCUT2D eigenvalue weighted by Gasteiger charge is 2.21. The maximum atomic E-state index is 13.5. The lowest BCUT2D eigenvalue weighted by Crippen LogP contribution is -2.52. The lowest BCUT2D eigenvalue weighted by atomic mass is 10.2. The lowest BCUT2D eigenvalue weighted by molar-refractivity contribution is 0.369. The molecule has 2 heterocycles. The Morgan fingerprint density at radius 2 is 1.91 bits per heavy atom. The minimum atomic E-state index is -0.360. The molecule has 1 saturated heterocycles. The second kappa shape index (κ2) is 10.00. The predicted octanol–water partition coefficient (Wildman–Crippen LogP) is 3.62. The number of nitrogens with zero attached hydrogens (tertiary/aromatic N) is 4. The van der Waals surface area contributed by atoms with Gasteiger partial charge in [0.2, 0.25) is 5.88 Å². The van der Waals surface area contributed by atoms with E-state index < -0.39 is 0 Å². The maximum absolute atomic E-state index is 13.5. The summed E-state index contributed by atoms with van der Waals surface area (Å²) in [4.78, 5) is 13.1. The van der Waals surface area contributed by atoms with Crippen molar-refractivity contribution in [3.8, 4) is 17.4 Å². The Morgan fingerprint density at radius 3 is 2.66 bits per heavy atom. The molecule has 166 valence electrons. The summed E-state index contributed by atoms with van der Waals surface area (Å²) < 4.78 is 19.3. The summed E-state index contributed by atoms with van der Waals surface area (Å²) in [5.41, 5.74) is 1.69. The monoisotopic (exact) mass is 435 g/mol. The number of aliphatic imine (C=N–C) groups is 1. The summed E-state index contributed by atoms with van der Waals surface area (Å²) in [6.07, 6.45) is 1.64. The molecule has 1 aliphatic rings. The number of benzene rings is 2. The van der Waals surface area contributed by atoms with Gasteiger partial charge in [-0.1, -0.05) is 24.3 Å². The summed E-state index contributed by atoms with van der Waals surface area (Å²) in [5, 5.41) is 13.5. The number of piperazine rings is 1. The van der Waals surface area contributed by atoms with Crippen molar-refractivity contribution in [3.63, 3.8) is 0 Å². The van der Waals surface area contributed by atoms with Gasteiger partial charge < -0.3 is 25.0 Å². The molecule has 8 heteroatoms. The number of halogens is 1. The zero-order valence-electron chi connectivity index (χ0n) is 17.9. The van der Waals surface area contributed by atoms with Crippen LogP contribution in [0.3, 0.4) is 0 Å². The maximum Gasteiger partial charge on any atom is 0.224 e. The van der Waals surface area contributed by atoms with E-state index in [9.17, 15) is 9.50 Å². The Kier molecular flexibility index (Phi) is 6.69. The van der Waals surface area contributed by atoms with Crippen molar-refractivity contribution >= 4 is 11.6 Å². The van der Waals surface area contributed by atoms with Crippen LogP contribution in [0.1, 0.15) is 5.56 Å². The summed E-state index contributed by atoms with van der Waals surface area (Å²) in [6.45, 7) is 3.56. The first-order valence-corrected chi connectivity index (χ1v) is 10.5. The Labute approximate surface area is 186 Å². The van der Waals surface area contributed by atoms with Crippen molar-refractivity contribution in [2.45, 2.75) is 6.54 Å². The Morgan fingerprint density at radius 1 is 1.09 bits per heavy atom. The number of anilines is 1. The van der Waals surface area contributed by atoms with Crippen LogP contribution in [0.5, 0.6) is 17.4 Å². The van der Waals surface area contributed by atoms with Gasteiger partial charge >= 0.3 is 0 Å². The van der Waals surface area contributed by atoms with Gasteiger partial charge in [0.05, 0.1) is 5.69 Å². The number of ether oxygens (including phenoxy) is 1. The van der Waals surface area contributed by atoms with Gasteiger partial charge in [-0.3, -0.25) is 4.99 Å². The molecule has 2 N–H and O–H groups in total. The number of hydrogen-bond donors (Lipinski definition) is 2. The van der Waals surface area contributed by atoms with E-state index in [2.05, 4.69) is 25.1 Å². The average molecular weight is 436 g/mol. The van der Waals surface area contributed by atoms with E-state index in [1.807, 2.05) is 30.3 Å². The molecule has 0 radical (unpaired) electrons. The van der Waals surface area contributed by atoms with Crippen LogP contribution in [-0.2, 0) is 6.54 Å². The van der Waals surface area contributed by atoms with Gasteiger partial charge in [-0.15, -0.1) is 0 Å². The predicted molar refractivity (Wildman–Crippen MR) is 123 cm³/mol. The molecule has 2 aromatic carbocycles. The fourth-order valence-electron chi connectivity index (χ4n) is 3.69. The van der Waals surface area contributed by atoms with Crippen LogP contribution in [0.4, 0.5) is 10.1 Å². The van der Waals surface area contributed by atoms with Crippen molar-refractivity contribution in [1.82, 2.24) is 15.2 Å². The number of guanidine groups is 1. The molecule has 0 saturated carbocycles. The van der Waals surface area contributed by atoms with Crippen LogP contribution in [0.15, 0.2) is 71.9 Å². The van der Waals surface area contributed by atoms with Crippen LogP contribution in [0.2, 0.25) is 0 Å². The number of aromatic hydroxyl groups is 1. The summed E-state index contributed by atoms with van der Waals surface area (Å²) in [7, 11) is 1.76. The van der Waals surface area contributed by atoms with E-state index in [0.717, 1.165) is 43.4 Å². The van der Waals surface area contributed by atoms with Crippen molar-refractivity contribution in [2.24, 2.45) is 4.99 Å². The number of hydrogen-bond acceptors (Lipinski definition) is 5. The molecule has 7 nitrogen and oxygen atoms in total. The smallest absolute Gasteiger partial charge is 0.224 e. The highest BCUT2D eigenvalue weighted by Crippen LogP contribution is 2.27. The fourth-order valence-corrected chi connectivity index (χ4v) is 3.69. The molecule has 0 spiro atoms. The van der Waals surface area contributed by atoms with E-state index in [1.54, 1.807) is 31.4 Å². The number of aromatic nitrogens is 1. The van der Waals surface area contributed by atoms with E-state index in [4.69, 9.17) is 4.74 Å². The van der Waals surface area contributed by atoms with Gasteiger partial charge in [0, 0.05) is 57.6 Å². The molecule has 0 amide bonds. The van der Waals surface area contributed by atoms with E-state index >= 15 is 0 Å². The van der Waals surface area contributed by atoms with Gasteiger partial charge in [0.1, 0.15) is 17.3 Å². The third kappa shape index (κ3) is 5.08. The fraction of sp³-hybridized carbons (Fsp3) is 0.250. The van der Waals surface area contributed by atoms with Crippen LogP contribution in [0, 0.1) is 5.82 Å². The Balaban J connectivity index is 1.37. The van der Waals surface area contributed by atoms with Crippen molar-refractivity contribution in [1.29, 1.82) is 0 Å². The van der Waals surface area contributed by atoms with Crippen LogP contribution < -0.4 is 15.0 Å². The van der Waals surface area contributed by atoms with Crippen LogP contribution >= 0.6 is 0 Å². The zero-order valence-corrected chi connectivity index (χ0v) is 17.9. The van der Waals surface area contributed by atoms with Gasteiger partial charge in [0.15, 0.2) is 5.96 Å². The molecule has 4 rings (SSSR count). The summed E-state index contributed by atoms with van der Waals surface area (Å²) in [6, 6.07) is 17.1. The Hall–Kier alpha value is -3.81. The summed E-state index contributed by atoms with van der Waals surface area (Å²) >= 11 is 0. The third-order valence-corrected chi connectivity index (χ3v) is 5.31. The molecular weight excluding hydrogens is 409 g/mol. The molecule has 0 atom stereocenters. The number of pyridine rings is 1. The summed E-state index contributed by atoms with van der Waals surface area (Å²) in [5.74, 6) is 1.54. The quantitative estimate of drug-likeness (QED) is 0.471. The molecule has 0 unspecified atom stereocenters. The molecule has 1 fully saturated rings. The van der Waals surface area contributed by atoms with E-state index in [-0.39, 0.29) is 5.82 Å². The zero-order chi connectivity index (χ0) is 22.3. The minimum Gasteiger partial charge on any atom is -0.506 e. The number of rotatable bonds is 5. The highest BCUT2D eigenvalue weighted by atomic mass is 19.1. The lowest BCUT2D eigenvalue weighted by Gasteiger charge is -2.37. The topological polar surface area (TPSA) is 73.2 Å². The molecule has 0 bridgehead atoms. The SMILES string of the molecule is CN=C(NCc1cccnc1Oc1cccc(F)c1)N1CCN(c2ccccc2O)CC1. The van der Waals surface area contributed by atoms with Crippen LogP contribution in [-0.4, -0.2) is 54.2 Å². The standard InChI is InChI=1S/C24H26FN5O2/c1-26-24(30-14-12-29(13-15-30)21-9-2-3-10-22(21)31)28-17-18-6-5-11-27-23(18)32-20-8-4-7-19(25)16-20/h2-11,16,31H,12-15,17H2,1H3,(H,26,28). The molecular formula is C24H26FN5O2. The number of nitrogens with one attached hydrogen (secondary N) is 1. The van der Waals surface area contributed by atoms with Crippen LogP contribution in [0.25, 0.3) is 0 Å². The van der Waals surface area contributed by atoms with Gasteiger partial charge in [0.25, 0.3) is 0 Å². The largest absolute Gasteiger partial charge is 0.506 e. The van der Waals surface area contributed by atoms with Gasteiger partial charge in [-0.2, -0.15) is 0 Å². The molecule has 1 aliphatic heterocycles. The van der Waals surface area contributed by atoms with Crippen molar-refractivity contribution in [2.75, 3.05) is 38.1 Å². The number of para-hydroxylation sites is 2. The van der Waals surface area contributed by atoms with E-state index in [1.165, 1.54) is 12.1 Å². The molecule has 1 aromatic heterocycles. The van der Waals surface area contributed by atoms with Crippen molar-refractivity contribution in [3.05, 3.63) is 78.2 Å². The first kappa shape index (κ1) is 21.4. The first-order valence-electron chi connectivity index (χ1n) is 10.5. The normalized spacial score (nSPS) is 14.4. The molecule has 32 heavy (non-hydrogen) atoms. The minimum absolute atomic E-state index is 0.297. The van der Waals surface area contributed by atoms with Crippen molar-refractivity contribution < 1.29 is 14.2 Å². The first-order chi connectivity index (χ1) is 15.6. The van der Waals surface area contributed by atoms with Gasteiger partial charge in [-0.25, -0.2) is 9.37 Å². The highest BCUT2D eigenvalue weighted by molar-refractivity contribution is 5.80. The average Bonchev–Trinajstić information content (AvgIpc) is 2.81. The molecule has 3 aromatic rings. The Bertz CT molecular complexity index is 1080.